The minimum Gasteiger partial charge on any atom is -0.465 e. The zero-order valence-electron chi connectivity index (χ0n) is 12.1. The van der Waals surface area contributed by atoms with E-state index in [2.05, 4.69) is 4.98 Å². The van der Waals surface area contributed by atoms with Crippen molar-refractivity contribution < 1.29 is 14.3 Å². The summed E-state index contributed by atoms with van der Waals surface area (Å²) in [5, 5.41) is 0. The Morgan fingerprint density at radius 3 is 2.71 bits per heavy atom. The van der Waals surface area contributed by atoms with E-state index >= 15 is 0 Å². The van der Waals surface area contributed by atoms with E-state index in [1.165, 1.54) is 13.5 Å². The van der Waals surface area contributed by atoms with Gasteiger partial charge in [0.25, 0.3) is 0 Å². The Hall–Kier alpha value is -2.17. The quantitative estimate of drug-likeness (QED) is 0.778. The molecule has 3 rings (SSSR count). The Kier molecular flexibility index (Phi) is 3.73. The summed E-state index contributed by atoms with van der Waals surface area (Å²) in [5.41, 5.74) is 2.72. The largest absolute Gasteiger partial charge is 0.465 e. The molecule has 5 heteroatoms. The van der Waals surface area contributed by atoms with Crippen molar-refractivity contribution in [3.05, 3.63) is 34.7 Å². The van der Waals surface area contributed by atoms with Crippen LogP contribution in [0, 0.1) is 0 Å². The van der Waals surface area contributed by atoms with Crippen LogP contribution in [0.2, 0.25) is 0 Å². The molecular formula is C16H18N2O3. The number of pyridine rings is 1. The van der Waals surface area contributed by atoms with Crippen LogP contribution in [-0.2, 0) is 16.0 Å². The molecule has 0 bridgehead atoms. The van der Waals surface area contributed by atoms with E-state index in [0.717, 1.165) is 37.1 Å². The summed E-state index contributed by atoms with van der Waals surface area (Å²) in [6.07, 6.45) is 7.17. The van der Waals surface area contributed by atoms with Gasteiger partial charge in [-0.1, -0.05) is 0 Å². The van der Waals surface area contributed by atoms with Crippen LogP contribution in [0.15, 0.2) is 17.8 Å². The third-order valence-electron chi connectivity index (χ3n) is 4.09. The maximum Gasteiger partial charge on any atom is 0.338 e. The molecule has 5 nitrogen and oxygen atoms in total. The first kappa shape index (κ1) is 13.8. The van der Waals surface area contributed by atoms with Gasteiger partial charge in [0, 0.05) is 31.3 Å². The first-order valence-corrected chi connectivity index (χ1v) is 7.26. The summed E-state index contributed by atoms with van der Waals surface area (Å²) in [7, 11) is 1.36. The molecule has 0 spiro atoms. The molecule has 2 aliphatic rings. The summed E-state index contributed by atoms with van der Waals surface area (Å²) < 4.78 is 4.79. The average Bonchev–Trinajstić information content (AvgIpc) is 2.98. The Morgan fingerprint density at radius 1 is 1.24 bits per heavy atom. The fourth-order valence-electron chi connectivity index (χ4n) is 2.96. The molecule has 1 saturated heterocycles. The van der Waals surface area contributed by atoms with Gasteiger partial charge in [-0.25, -0.2) is 4.79 Å². The second kappa shape index (κ2) is 5.68. The minimum absolute atomic E-state index is 0.0727. The van der Waals surface area contributed by atoms with Gasteiger partial charge < -0.3 is 9.64 Å². The van der Waals surface area contributed by atoms with Crippen molar-refractivity contribution in [2.75, 3.05) is 20.2 Å². The lowest BCUT2D eigenvalue weighted by Crippen LogP contribution is -2.36. The zero-order valence-corrected chi connectivity index (χ0v) is 12.1. The molecule has 1 aliphatic carbocycles. The van der Waals surface area contributed by atoms with Crippen LogP contribution in [-0.4, -0.2) is 42.0 Å². The molecule has 0 unspecified atom stereocenters. The normalized spacial score (nSPS) is 17.2. The first-order valence-electron chi connectivity index (χ1n) is 7.26. The van der Waals surface area contributed by atoms with E-state index in [1.54, 1.807) is 18.3 Å². The van der Waals surface area contributed by atoms with Gasteiger partial charge in [-0.05, 0) is 37.0 Å². The number of hydrogen-bond donors (Lipinski definition) is 0. The zero-order chi connectivity index (χ0) is 14.8. The Labute approximate surface area is 123 Å². The standard InChI is InChI=1S/C16H18N2O3/c1-21-16(20)12-5-6-17-14-10-11(9-13(12)14)15(19)18-7-3-2-4-8-18/h5-6,10H,2-4,7-9H2,1H3. The molecule has 1 aromatic rings. The predicted octanol–water partition coefficient (Wildman–Crippen LogP) is 1.82. The van der Waals surface area contributed by atoms with Crippen molar-refractivity contribution in [3.63, 3.8) is 0 Å². The molecule has 0 aromatic carbocycles. The predicted molar refractivity (Wildman–Crippen MR) is 77.7 cm³/mol. The number of likely N-dealkylation sites (tertiary alicyclic amines) is 1. The number of methoxy groups -OCH3 is 1. The molecule has 1 aliphatic heterocycles. The maximum atomic E-state index is 12.5. The lowest BCUT2D eigenvalue weighted by molar-refractivity contribution is -0.127. The molecule has 0 N–H and O–H groups in total. The molecule has 2 heterocycles. The number of fused-ring (bicyclic) bond motifs is 1. The Morgan fingerprint density at radius 2 is 2.00 bits per heavy atom. The highest BCUT2D eigenvalue weighted by Gasteiger charge is 2.27. The first-order chi connectivity index (χ1) is 10.2. The van der Waals surface area contributed by atoms with Crippen molar-refractivity contribution in [1.82, 2.24) is 9.88 Å². The molecule has 0 saturated carbocycles. The van der Waals surface area contributed by atoms with Gasteiger partial charge >= 0.3 is 5.97 Å². The van der Waals surface area contributed by atoms with E-state index in [1.807, 2.05) is 4.90 Å². The number of esters is 1. The van der Waals surface area contributed by atoms with Crippen LogP contribution in [0.5, 0.6) is 0 Å². The van der Waals surface area contributed by atoms with E-state index in [0.29, 0.717) is 17.7 Å². The number of hydrogen-bond acceptors (Lipinski definition) is 4. The molecule has 21 heavy (non-hydrogen) atoms. The SMILES string of the molecule is COC(=O)c1ccnc2c1CC(C(=O)N1CCCCC1)=C2. The summed E-state index contributed by atoms with van der Waals surface area (Å²) in [4.78, 5) is 30.5. The third kappa shape index (κ3) is 2.55. The van der Waals surface area contributed by atoms with Gasteiger partial charge in [-0.15, -0.1) is 0 Å². The average molecular weight is 286 g/mol. The summed E-state index contributed by atoms with van der Waals surface area (Å²) in [5.74, 6) is -0.308. The molecular weight excluding hydrogens is 268 g/mol. The number of rotatable bonds is 2. The Bertz CT molecular complexity index is 616. The van der Waals surface area contributed by atoms with Gasteiger partial charge in [0.2, 0.25) is 5.91 Å². The maximum absolute atomic E-state index is 12.5. The number of aromatic nitrogens is 1. The second-order valence-corrected chi connectivity index (χ2v) is 5.41. The van der Waals surface area contributed by atoms with Crippen LogP contribution in [0.3, 0.4) is 0 Å². The molecule has 1 fully saturated rings. The Balaban J connectivity index is 1.82. The monoisotopic (exact) mass is 286 g/mol. The van der Waals surface area contributed by atoms with Crippen molar-refractivity contribution in [2.24, 2.45) is 0 Å². The summed E-state index contributed by atoms with van der Waals surface area (Å²) in [6, 6.07) is 1.65. The van der Waals surface area contributed by atoms with Crippen LogP contribution in [0.4, 0.5) is 0 Å². The van der Waals surface area contributed by atoms with Crippen LogP contribution in [0.1, 0.15) is 40.9 Å². The van der Waals surface area contributed by atoms with Gasteiger partial charge in [0.05, 0.1) is 18.4 Å². The topological polar surface area (TPSA) is 59.5 Å². The fourth-order valence-corrected chi connectivity index (χ4v) is 2.96. The van der Waals surface area contributed by atoms with E-state index in [4.69, 9.17) is 4.74 Å². The van der Waals surface area contributed by atoms with Gasteiger partial charge in [0.15, 0.2) is 0 Å². The number of piperidine rings is 1. The van der Waals surface area contributed by atoms with Crippen LogP contribution < -0.4 is 0 Å². The lowest BCUT2D eigenvalue weighted by atomic mass is 10.0. The highest BCUT2D eigenvalue weighted by atomic mass is 16.5. The van der Waals surface area contributed by atoms with Gasteiger partial charge in [-0.3, -0.25) is 9.78 Å². The molecule has 0 atom stereocenters. The van der Waals surface area contributed by atoms with Crippen LogP contribution in [0.25, 0.3) is 6.08 Å². The van der Waals surface area contributed by atoms with Crippen LogP contribution >= 0.6 is 0 Å². The highest BCUT2D eigenvalue weighted by molar-refractivity contribution is 6.02. The van der Waals surface area contributed by atoms with Crippen molar-refractivity contribution in [3.8, 4) is 0 Å². The third-order valence-corrected chi connectivity index (χ3v) is 4.09. The minimum atomic E-state index is -0.381. The van der Waals surface area contributed by atoms with Gasteiger partial charge in [-0.2, -0.15) is 0 Å². The van der Waals surface area contributed by atoms with Gasteiger partial charge in [0.1, 0.15) is 0 Å². The number of carbonyl (C=O) groups excluding carboxylic acids is 2. The second-order valence-electron chi connectivity index (χ2n) is 5.41. The molecule has 1 amide bonds. The van der Waals surface area contributed by atoms with Crippen molar-refractivity contribution in [2.45, 2.75) is 25.7 Å². The highest BCUT2D eigenvalue weighted by Crippen LogP contribution is 2.28. The van der Waals surface area contributed by atoms with Crippen molar-refractivity contribution >= 4 is 18.0 Å². The molecule has 110 valence electrons. The summed E-state index contributed by atoms with van der Waals surface area (Å²) >= 11 is 0. The smallest absolute Gasteiger partial charge is 0.338 e. The fraction of sp³-hybridized carbons (Fsp3) is 0.438. The molecule has 1 aromatic heterocycles. The number of nitrogens with zero attached hydrogens (tertiary/aromatic N) is 2. The van der Waals surface area contributed by atoms with E-state index < -0.39 is 0 Å². The molecule has 0 radical (unpaired) electrons. The van der Waals surface area contributed by atoms with E-state index in [9.17, 15) is 9.59 Å². The number of amides is 1. The summed E-state index contributed by atoms with van der Waals surface area (Å²) in [6.45, 7) is 1.65. The van der Waals surface area contributed by atoms with Crippen molar-refractivity contribution in [1.29, 1.82) is 0 Å². The lowest BCUT2D eigenvalue weighted by Gasteiger charge is -2.27. The van der Waals surface area contributed by atoms with E-state index in [-0.39, 0.29) is 11.9 Å². The number of ether oxygens (including phenoxy) is 1. The number of carbonyl (C=O) groups is 2.